The Morgan fingerprint density at radius 2 is 2.20 bits per heavy atom. The van der Waals surface area contributed by atoms with E-state index in [-0.39, 0.29) is 17.8 Å². The van der Waals surface area contributed by atoms with Gasteiger partial charge in [0, 0.05) is 6.04 Å². The third-order valence-electron chi connectivity index (χ3n) is 3.85. The molecule has 0 spiro atoms. The third kappa shape index (κ3) is 3.50. The summed E-state index contributed by atoms with van der Waals surface area (Å²) >= 11 is 0. The van der Waals surface area contributed by atoms with Crippen LogP contribution in [0.1, 0.15) is 25.3 Å². The number of hydrogen-bond acceptors (Lipinski definition) is 3. The lowest BCUT2D eigenvalue weighted by Crippen LogP contribution is -2.41. The monoisotopic (exact) mass is 275 g/mol. The molecule has 3 atom stereocenters. The molecule has 0 heterocycles. The molecule has 0 bridgehead atoms. The van der Waals surface area contributed by atoms with Crippen LogP contribution in [-0.4, -0.2) is 23.0 Å². The van der Waals surface area contributed by atoms with Crippen molar-refractivity contribution >= 4 is 11.7 Å². The minimum atomic E-state index is -0.625. The molecule has 20 heavy (non-hydrogen) atoms. The average molecular weight is 275 g/mol. The average Bonchev–Trinajstić information content (AvgIpc) is 3.23. The van der Waals surface area contributed by atoms with Crippen molar-refractivity contribution in [3.05, 3.63) is 35.9 Å². The molecule has 0 radical (unpaired) electrons. The van der Waals surface area contributed by atoms with Crippen molar-refractivity contribution in [2.45, 2.75) is 32.2 Å². The fourth-order valence-electron chi connectivity index (χ4n) is 2.41. The summed E-state index contributed by atoms with van der Waals surface area (Å²) in [7, 11) is 0. The van der Waals surface area contributed by atoms with Gasteiger partial charge in [0.1, 0.15) is 5.92 Å². The summed E-state index contributed by atoms with van der Waals surface area (Å²) in [6.07, 6.45) is 2.53. The van der Waals surface area contributed by atoms with Gasteiger partial charge in [-0.05, 0) is 24.3 Å². The Kier molecular flexibility index (Phi) is 4.61. The Labute approximate surface area is 118 Å². The van der Waals surface area contributed by atoms with Crippen LogP contribution < -0.4 is 11.1 Å². The second-order valence-corrected chi connectivity index (χ2v) is 5.29. The van der Waals surface area contributed by atoms with Gasteiger partial charge in [0.2, 0.25) is 5.91 Å². The number of rotatable bonds is 6. The lowest BCUT2D eigenvalue weighted by molar-refractivity contribution is -0.123. The Hall–Kier alpha value is -2.04. The van der Waals surface area contributed by atoms with Crippen LogP contribution in [0.3, 0.4) is 0 Å². The van der Waals surface area contributed by atoms with Gasteiger partial charge in [-0.2, -0.15) is 0 Å². The molecular weight excluding hydrogens is 254 g/mol. The predicted molar refractivity (Wildman–Crippen MR) is 77.4 cm³/mol. The molecule has 0 aliphatic heterocycles. The zero-order valence-electron chi connectivity index (χ0n) is 11.6. The van der Waals surface area contributed by atoms with Crippen molar-refractivity contribution in [1.29, 1.82) is 0 Å². The second kappa shape index (κ2) is 6.41. The van der Waals surface area contributed by atoms with Crippen molar-refractivity contribution in [3.8, 4) is 0 Å². The van der Waals surface area contributed by atoms with Crippen LogP contribution in [0.15, 0.2) is 35.5 Å². The lowest BCUT2D eigenvalue weighted by Gasteiger charge is -2.15. The number of benzene rings is 1. The van der Waals surface area contributed by atoms with E-state index >= 15 is 0 Å². The molecule has 108 valence electrons. The first-order valence-corrected chi connectivity index (χ1v) is 6.97. The highest BCUT2D eigenvalue weighted by molar-refractivity contribution is 6.02. The maximum atomic E-state index is 12.3. The molecule has 5 nitrogen and oxygen atoms in total. The van der Waals surface area contributed by atoms with Gasteiger partial charge >= 0.3 is 0 Å². The van der Waals surface area contributed by atoms with Gasteiger partial charge in [0.25, 0.3) is 0 Å². The minimum Gasteiger partial charge on any atom is -0.409 e. The Morgan fingerprint density at radius 3 is 2.75 bits per heavy atom. The molecule has 2 rings (SSSR count). The molecule has 4 N–H and O–H groups in total. The number of nitrogens with one attached hydrogen (secondary N) is 1. The Morgan fingerprint density at radius 1 is 1.50 bits per heavy atom. The van der Waals surface area contributed by atoms with Crippen LogP contribution in [0.25, 0.3) is 0 Å². The zero-order valence-corrected chi connectivity index (χ0v) is 11.6. The number of hydrogen-bond donors (Lipinski definition) is 3. The van der Waals surface area contributed by atoms with Crippen LogP contribution in [0.4, 0.5) is 0 Å². The number of nitrogens with zero attached hydrogens (tertiary/aromatic N) is 1. The second-order valence-electron chi connectivity index (χ2n) is 5.29. The summed E-state index contributed by atoms with van der Waals surface area (Å²) in [5.74, 6) is -0.255. The highest BCUT2D eigenvalue weighted by Gasteiger charge is 2.38. The molecule has 1 aromatic rings. The maximum Gasteiger partial charge on any atom is 0.231 e. The van der Waals surface area contributed by atoms with E-state index in [1.165, 1.54) is 0 Å². The van der Waals surface area contributed by atoms with Crippen LogP contribution in [-0.2, 0) is 11.2 Å². The SMILES string of the molecule is CCC1CC1NC(=O)C(Cc1ccccc1)/C(N)=N/O. The van der Waals surface area contributed by atoms with E-state index in [0.717, 1.165) is 18.4 Å². The van der Waals surface area contributed by atoms with Crippen LogP contribution in [0.5, 0.6) is 0 Å². The van der Waals surface area contributed by atoms with E-state index in [1.807, 2.05) is 30.3 Å². The van der Waals surface area contributed by atoms with Crippen molar-refractivity contribution in [3.63, 3.8) is 0 Å². The summed E-state index contributed by atoms with van der Waals surface area (Å²) < 4.78 is 0. The van der Waals surface area contributed by atoms with E-state index in [0.29, 0.717) is 12.3 Å². The summed E-state index contributed by atoms with van der Waals surface area (Å²) in [4.78, 5) is 12.3. The fraction of sp³-hybridized carbons (Fsp3) is 0.467. The first kappa shape index (κ1) is 14.4. The molecular formula is C15H21N3O2. The van der Waals surface area contributed by atoms with Crippen molar-refractivity contribution < 1.29 is 10.0 Å². The summed E-state index contributed by atoms with van der Waals surface area (Å²) in [5.41, 5.74) is 6.66. The van der Waals surface area contributed by atoms with E-state index in [2.05, 4.69) is 17.4 Å². The number of amidine groups is 1. The maximum absolute atomic E-state index is 12.3. The minimum absolute atomic E-state index is 0.0416. The molecule has 5 heteroatoms. The normalized spacial score (nSPS) is 23.1. The number of amides is 1. The molecule has 1 aromatic carbocycles. The predicted octanol–water partition coefficient (Wildman–Crippen LogP) is 1.51. The van der Waals surface area contributed by atoms with Gasteiger partial charge < -0.3 is 16.3 Å². The largest absolute Gasteiger partial charge is 0.409 e. The molecule has 0 aromatic heterocycles. The number of carbonyl (C=O) groups excluding carboxylic acids is 1. The van der Waals surface area contributed by atoms with Crippen molar-refractivity contribution in [1.82, 2.24) is 5.32 Å². The molecule has 1 fully saturated rings. The molecule has 1 amide bonds. The number of oxime groups is 1. The third-order valence-corrected chi connectivity index (χ3v) is 3.85. The van der Waals surface area contributed by atoms with Crippen LogP contribution in [0.2, 0.25) is 0 Å². The number of nitrogens with two attached hydrogens (primary N) is 1. The fourth-order valence-corrected chi connectivity index (χ4v) is 2.41. The standard InChI is InChI=1S/C15H21N3O2/c1-2-11-9-13(11)17-15(19)12(14(16)18-20)8-10-6-4-3-5-7-10/h3-7,11-13,20H,2,8-9H2,1H3,(H2,16,18)(H,17,19). The van der Waals surface area contributed by atoms with E-state index in [1.54, 1.807) is 0 Å². The summed E-state index contributed by atoms with van der Waals surface area (Å²) in [6, 6.07) is 9.83. The summed E-state index contributed by atoms with van der Waals surface area (Å²) in [5, 5.41) is 14.8. The van der Waals surface area contributed by atoms with Gasteiger partial charge in [-0.25, -0.2) is 0 Å². The molecule has 1 aliphatic rings. The summed E-state index contributed by atoms with van der Waals surface area (Å²) in [6.45, 7) is 2.11. The smallest absolute Gasteiger partial charge is 0.231 e. The van der Waals surface area contributed by atoms with Crippen molar-refractivity contribution in [2.24, 2.45) is 22.7 Å². The number of carbonyl (C=O) groups is 1. The highest BCUT2D eigenvalue weighted by Crippen LogP contribution is 2.33. The zero-order chi connectivity index (χ0) is 14.5. The first-order valence-electron chi connectivity index (χ1n) is 6.97. The Balaban J connectivity index is 2.02. The van der Waals surface area contributed by atoms with Crippen LogP contribution in [0, 0.1) is 11.8 Å². The van der Waals surface area contributed by atoms with Gasteiger partial charge in [0.15, 0.2) is 5.84 Å². The van der Waals surface area contributed by atoms with Gasteiger partial charge in [-0.15, -0.1) is 0 Å². The van der Waals surface area contributed by atoms with Gasteiger partial charge in [-0.3, -0.25) is 4.79 Å². The van der Waals surface area contributed by atoms with Gasteiger partial charge in [-0.1, -0.05) is 48.8 Å². The van der Waals surface area contributed by atoms with Gasteiger partial charge in [0.05, 0.1) is 0 Å². The molecule has 1 aliphatic carbocycles. The van der Waals surface area contributed by atoms with E-state index < -0.39 is 5.92 Å². The lowest BCUT2D eigenvalue weighted by atomic mass is 9.97. The molecule has 3 unspecified atom stereocenters. The highest BCUT2D eigenvalue weighted by atomic mass is 16.4. The van der Waals surface area contributed by atoms with Crippen LogP contribution >= 0.6 is 0 Å². The molecule has 1 saturated carbocycles. The quantitative estimate of drug-likeness (QED) is 0.318. The van der Waals surface area contributed by atoms with Crippen molar-refractivity contribution in [2.75, 3.05) is 0 Å². The van der Waals surface area contributed by atoms with E-state index in [4.69, 9.17) is 10.9 Å². The molecule has 0 saturated heterocycles. The Bertz CT molecular complexity index is 487. The first-order chi connectivity index (χ1) is 9.65. The topological polar surface area (TPSA) is 87.7 Å². The van der Waals surface area contributed by atoms with E-state index in [9.17, 15) is 4.79 Å².